The Labute approximate surface area is 161 Å². The number of thiazole rings is 1. The number of rotatable bonds is 7. The maximum atomic E-state index is 12.2. The number of nitrogens with zero attached hydrogens (tertiary/aromatic N) is 3. The lowest BCUT2D eigenvalue weighted by Gasteiger charge is -2.07. The summed E-state index contributed by atoms with van der Waals surface area (Å²) < 4.78 is 27.5. The number of amides is 1. The predicted molar refractivity (Wildman–Crippen MR) is 103 cm³/mol. The smallest absolute Gasteiger partial charge is 0.263 e. The molecule has 2 heterocycles. The minimum atomic E-state index is -3.72. The molecule has 4 N–H and O–H groups in total. The number of sulfonamides is 1. The van der Waals surface area contributed by atoms with Crippen molar-refractivity contribution < 1.29 is 13.2 Å². The number of hydrogen-bond donors (Lipinski definition) is 3. The van der Waals surface area contributed by atoms with Gasteiger partial charge in [0.15, 0.2) is 9.47 Å². The second-order valence-corrected chi connectivity index (χ2v) is 9.52. The summed E-state index contributed by atoms with van der Waals surface area (Å²) in [5.74, 6) is -0.111. The first-order chi connectivity index (χ1) is 12.4. The SMILES string of the molecule is Nc1nnc(SCC(=O)Nc2ccc(S(=O)(=O)Nc3nccs3)cc2)s1. The Morgan fingerprint density at radius 1 is 1.23 bits per heavy atom. The zero-order chi connectivity index (χ0) is 18.6. The summed E-state index contributed by atoms with van der Waals surface area (Å²) in [4.78, 5) is 15.9. The van der Waals surface area contributed by atoms with Crippen molar-refractivity contribution in [2.45, 2.75) is 9.24 Å². The van der Waals surface area contributed by atoms with Crippen LogP contribution in [0.5, 0.6) is 0 Å². The van der Waals surface area contributed by atoms with Crippen molar-refractivity contribution in [2.24, 2.45) is 0 Å². The van der Waals surface area contributed by atoms with Crippen LogP contribution in [0, 0.1) is 0 Å². The van der Waals surface area contributed by atoms with E-state index in [0.29, 0.717) is 15.2 Å². The number of benzene rings is 1. The highest BCUT2D eigenvalue weighted by atomic mass is 32.2. The summed E-state index contributed by atoms with van der Waals surface area (Å²) in [5.41, 5.74) is 5.96. The normalized spacial score (nSPS) is 11.2. The van der Waals surface area contributed by atoms with Crippen molar-refractivity contribution in [1.82, 2.24) is 15.2 Å². The summed E-state index contributed by atoms with van der Waals surface area (Å²) >= 11 is 3.61. The number of thioether (sulfide) groups is 1. The van der Waals surface area contributed by atoms with E-state index in [1.165, 1.54) is 64.9 Å². The molecule has 0 atom stereocenters. The molecule has 0 saturated heterocycles. The summed E-state index contributed by atoms with van der Waals surface area (Å²) in [6.45, 7) is 0. The molecule has 136 valence electrons. The van der Waals surface area contributed by atoms with Crippen LogP contribution in [-0.2, 0) is 14.8 Å². The van der Waals surface area contributed by atoms with E-state index in [-0.39, 0.29) is 21.7 Å². The van der Waals surface area contributed by atoms with Gasteiger partial charge in [-0.2, -0.15) is 0 Å². The van der Waals surface area contributed by atoms with Gasteiger partial charge < -0.3 is 11.1 Å². The van der Waals surface area contributed by atoms with E-state index >= 15 is 0 Å². The zero-order valence-electron chi connectivity index (χ0n) is 12.9. The van der Waals surface area contributed by atoms with E-state index in [4.69, 9.17) is 5.73 Å². The standard InChI is InChI=1S/C13H12N6O3S4/c14-11-17-18-13(25-11)24-7-10(20)16-8-1-3-9(4-2-8)26(21,22)19-12-15-5-6-23-12/h1-6H,7H2,(H2,14,17)(H,15,19)(H,16,20). The molecule has 3 rings (SSSR count). The van der Waals surface area contributed by atoms with E-state index in [1.807, 2.05) is 0 Å². The maximum absolute atomic E-state index is 12.2. The summed E-state index contributed by atoms with van der Waals surface area (Å²) in [5, 5.41) is 12.5. The van der Waals surface area contributed by atoms with Crippen LogP contribution in [-0.4, -0.2) is 35.3 Å². The molecule has 0 aliphatic carbocycles. The third-order valence-corrected chi connectivity index (χ3v) is 6.91. The number of nitrogen functional groups attached to an aromatic ring is 1. The van der Waals surface area contributed by atoms with Crippen molar-refractivity contribution in [1.29, 1.82) is 0 Å². The van der Waals surface area contributed by atoms with Crippen LogP contribution in [0.2, 0.25) is 0 Å². The highest BCUT2D eigenvalue weighted by Gasteiger charge is 2.15. The molecule has 0 radical (unpaired) electrons. The molecule has 9 nitrogen and oxygen atoms in total. The second kappa shape index (κ2) is 7.99. The number of carbonyl (C=O) groups is 1. The van der Waals surface area contributed by atoms with Crippen molar-refractivity contribution in [2.75, 3.05) is 21.5 Å². The molecule has 0 spiro atoms. The van der Waals surface area contributed by atoms with E-state index in [2.05, 4.69) is 25.2 Å². The fourth-order valence-electron chi connectivity index (χ4n) is 1.77. The lowest BCUT2D eigenvalue weighted by atomic mass is 10.3. The van der Waals surface area contributed by atoms with Gasteiger partial charge in [0.2, 0.25) is 11.0 Å². The highest BCUT2D eigenvalue weighted by molar-refractivity contribution is 8.01. The second-order valence-electron chi connectivity index (χ2n) is 4.71. The van der Waals surface area contributed by atoms with Gasteiger partial charge in [-0.15, -0.1) is 21.5 Å². The molecule has 26 heavy (non-hydrogen) atoms. The molecule has 0 fully saturated rings. The van der Waals surface area contributed by atoms with Gasteiger partial charge in [-0.3, -0.25) is 9.52 Å². The first kappa shape index (κ1) is 18.6. The molecule has 0 aliphatic heterocycles. The molecule has 1 aromatic carbocycles. The van der Waals surface area contributed by atoms with Crippen molar-refractivity contribution >= 4 is 66.3 Å². The van der Waals surface area contributed by atoms with Gasteiger partial charge in [0.1, 0.15) is 0 Å². The monoisotopic (exact) mass is 428 g/mol. The minimum Gasteiger partial charge on any atom is -0.374 e. The van der Waals surface area contributed by atoms with E-state index in [1.54, 1.807) is 5.38 Å². The molecule has 3 aromatic rings. The predicted octanol–water partition coefficient (Wildman–Crippen LogP) is 2.11. The number of nitrogens with one attached hydrogen (secondary N) is 2. The third-order valence-electron chi connectivity index (χ3n) is 2.85. The van der Waals surface area contributed by atoms with E-state index < -0.39 is 10.0 Å². The van der Waals surface area contributed by atoms with Crippen LogP contribution in [0.1, 0.15) is 0 Å². The number of anilines is 3. The van der Waals surface area contributed by atoms with Crippen LogP contribution >= 0.6 is 34.4 Å². The Hall–Kier alpha value is -2.22. The summed E-state index contributed by atoms with van der Waals surface area (Å²) in [6, 6.07) is 5.85. The van der Waals surface area contributed by atoms with Crippen molar-refractivity contribution in [3.05, 3.63) is 35.8 Å². The quantitative estimate of drug-likeness (QED) is 0.486. The molecular formula is C13H12N6O3S4. The molecule has 2 aromatic heterocycles. The highest BCUT2D eigenvalue weighted by Crippen LogP contribution is 2.24. The number of hydrogen-bond acceptors (Lipinski definition) is 10. The van der Waals surface area contributed by atoms with Gasteiger partial charge in [0, 0.05) is 17.3 Å². The largest absolute Gasteiger partial charge is 0.374 e. The Balaban J connectivity index is 1.57. The Kier molecular flexibility index (Phi) is 5.70. The van der Waals surface area contributed by atoms with Gasteiger partial charge in [-0.25, -0.2) is 13.4 Å². The van der Waals surface area contributed by atoms with Crippen LogP contribution in [0.4, 0.5) is 16.0 Å². The molecule has 0 aliphatic rings. The third kappa shape index (κ3) is 4.91. The molecule has 0 bridgehead atoms. The lowest BCUT2D eigenvalue weighted by molar-refractivity contribution is -0.113. The van der Waals surface area contributed by atoms with Crippen LogP contribution in [0.25, 0.3) is 0 Å². The average Bonchev–Trinajstić information content (AvgIpc) is 3.25. The first-order valence-electron chi connectivity index (χ1n) is 6.96. The maximum Gasteiger partial charge on any atom is 0.263 e. The van der Waals surface area contributed by atoms with Gasteiger partial charge in [-0.05, 0) is 24.3 Å². The molecule has 1 amide bonds. The van der Waals surface area contributed by atoms with Gasteiger partial charge in [0.05, 0.1) is 10.6 Å². The Bertz CT molecular complexity index is 985. The van der Waals surface area contributed by atoms with E-state index in [0.717, 1.165) is 0 Å². The summed E-state index contributed by atoms with van der Waals surface area (Å²) in [7, 11) is -3.72. The fraction of sp³-hybridized carbons (Fsp3) is 0.0769. The van der Waals surface area contributed by atoms with Crippen molar-refractivity contribution in [3.8, 4) is 0 Å². The van der Waals surface area contributed by atoms with Crippen molar-refractivity contribution in [3.63, 3.8) is 0 Å². The average molecular weight is 429 g/mol. The number of carbonyl (C=O) groups excluding carboxylic acids is 1. The van der Waals surface area contributed by atoms with Crippen LogP contribution < -0.4 is 15.8 Å². The van der Waals surface area contributed by atoms with Gasteiger partial charge in [0.25, 0.3) is 10.0 Å². The fourth-order valence-corrected chi connectivity index (χ4v) is 4.99. The zero-order valence-corrected chi connectivity index (χ0v) is 16.2. The summed E-state index contributed by atoms with van der Waals surface area (Å²) in [6.07, 6.45) is 1.51. The van der Waals surface area contributed by atoms with Gasteiger partial charge >= 0.3 is 0 Å². The molecule has 13 heteroatoms. The molecular weight excluding hydrogens is 416 g/mol. The molecule has 0 saturated carbocycles. The van der Waals surface area contributed by atoms with E-state index in [9.17, 15) is 13.2 Å². The van der Waals surface area contributed by atoms with Gasteiger partial charge in [-0.1, -0.05) is 23.1 Å². The van der Waals surface area contributed by atoms with Crippen LogP contribution in [0.3, 0.4) is 0 Å². The van der Waals surface area contributed by atoms with Crippen LogP contribution in [0.15, 0.2) is 45.1 Å². The Morgan fingerprint density at radius 2 is 2.00 bits per heavy atom. The first-order valence-corrected chi connectivity index (χ1v) is 11.1. The molecule has 0 unspecified atom stereocenters. The number of nitrogens with two attached hydrogens (primary N) is 1. The topological polar surface area (TPSA) is 140 Å². The Morgan fingerprint density at radius 3 is 2.62 bits per heavy atom. The lowest BCUT2D eigenvalue weighted by Crippen LogP contribution is -2.15. The minimum absolute atomic E-state index is 0.0735. The number of aromatic nitrogens is 3.